The van der Waals surface area contributed by atoms with Crippen molar-refractivity contribution in [3.8, 4) is 0 Å². The third-order valence-corrected chi connectivity index (χ3v) is 5.06. The quantitative estimate of drug-likeness (QED) is 0.657. The number of benzene rings is 1. The maximum Gasteiger partial charge on any atom is 0.193 e. The number of aliphatic imine (C=N–C) groups is 1. The summed E-state index contributed by atoms with van der Waals surface area (Å²) in [4.78, 5) is 9.03. The highest BCUT2D eigenvalue weighted by molar-refractivity contribution is 7.09. The molecule has 1 aromatic carbocycles. The van der Waals surface area contributed by atoms with Gasteiger partial charge in [0.15, 0.2) is 5.96 Å². The minimum Gasteiger partial charge on any atom is -0.370 e. The van der Waals surface area contributed by atoms with Crippen molar-refractivity contribution in [2.75, 3.05) is 5.32 Å². The summed E-state index contributed by atoms with van der Waals surface area (Å²) in [6.07, 6.45) is 4.82. The normalized spacial score (nSPS) is 14.8. The summed E-state index contributed by atoms with van der Waals surface area (Å²) in [5.74, 6) is 0.917. The van der Waals surface area contributed by atoms with Crippen LogP contribution in [0, 0.1) is 0 Å². The molecule has 0 saturated carbocycles. The highest BCUT2D eigenvalue weighted by Crippen LogP contribution is 2.27. The van der Waals surface area contributed by atoms with Crippen LogP contribution < -0.4 is 11.1 Å². The van der Waals surface area contributed by atoms with E-state index in [0.717, 1.165) is 22.8 Å². The van der Waals surface area contributed by atoms with Gasteiger partial charge in [0.1, 0.15) is 5.01 Å². The van der Waals surface area contributed by atoms with E-state index >= 15 is 0 Å². The van der Waals surface area contributed by atoms with Gasteiger partial charge in [-0.15, -0.1) is 11.3 Å². The molecule has 0 bridgehead atoms. The van der Waals surface area contributed by atoms with Crippen LogP contribution in [-0.2, 0) is 19.4 Å². The average molecular weight is 328 g/mol. The van der Waals surface area contributed by atoms with Gasteiger partial charge in [-0.2, -0.15) is 0 Å². The molecule has 23 heavy (non-hydrogen) atoms. The third-order valence-electron chi connectivity index (χ3n) is 4.20. The van der Waals surface area contributed by atoms with E-state index in [-0.39, 0.29) is 0 Å². The first-order chi connectivity index (χ1) is 11.1. The van der Waals surface area contributed by atoms with Crippen LogP contribution in [0.1, 0.15) is 54.4 Å². The summed E-state index contributed by atoms with van der Waals surface area (Å²) in [6.45, 7) is 4.83. The second-order valence-corrected chi connectivity index (χ2v) is 7.24. The van der Waals surface area contributed by atoms with E-state index in [4.69, 9.17) is 5.73 Å². The van der Waals surface area contributed by atoms with Gasteiger partial charge in [-0.25, -0.2) is 9.98 Å². The largest absolute Gasteiger partial charge is 0.370 e. The number of nitrogens with zero attached hydrogens (tertiary/aromatic N) is 2. The minimum atomic E-state index is 0.454. The predicted molar refractivity (Wildman–Crippen MR) is 98.2 cm³/mol. The van der Waals surface area contributed by atoms with E-state index in [2.05, 4.69) is 52.7 Å². The van der Waals surface area contributed by atoms with E-state index in [1.807, 2.05) is 0 Å². The molecule has 0 amide bonds. The van der Waals surface area contributed by atoms with E-state index in [1.54, 1.807) is 11.3 Å². The van der Waals surface area contributed by atoms with Crippen LogP contribution in [0.5, 0.6) is 0 Å². The molecule has 1 heterocycles. The Labute approximate surface area is 141 Å². The number of nitrogens with two attached hydrogens (primary N) is 1. The molecule has 0 radical (unpaired) electrons. The molecule has 0 spiro atoms. The molecular formula is C18H24N4S. The number of hydrogen-bond acceptors (Lipinski definition) is 3. The average Bonchev–Trinajstić information content (AvgIpc) is 3.03. The molecule has 1 aliphatic carbocycles. The van der Waals surface area contributed by atoms with E-state index in [1.165, 1.54) is 30.4 Å². The molecule has 0 unspecified atom stereocenters. The molecule has 0 aliphatic heterocycles. The van der Waals surface area contributed by atoms with Gasteiger partial charge in [-0.1, -0.05) is 26.0 Å². The van der Waals surface area contributed by atoms with Gasteiger partial charge < -0.3 is 11.1 Å². The molecule has 0 fully saturated rings. The first-order valence-corrected chi connectivity index (χ1v) is 9.13. The van der Waals surface area contributed by atoms with Crippen molar-refractivity contribution >= 4 is 23.0 Å². The van der Waals surface area contributed by atoms with Crippen LogP contribution in [-0.4, -0.2) is 10.9 Å². The number of guanidine groups is 1. The Kier molecular flexibility index (Phi) is 4.96. The second-order valence-electron chi connectivity index (χ2n) is 6.30. The molecule has 0 saturated heterocycles. The first kappa shape index (κ1) is 16.0. The lowest BCUT2D eigenvalue weighted by Gasteiger charge is -2.19. The number of aromatic nitrogens is 1. The van der Waals surface area contributed by atoms with Gasteiger partial charge in [0.05, 0.1) is 12.2 Å². The number of thiazole rings is 1. The van der Waals surface area contributed by atoms with Crippen LogP contribution in [0.2, 0.25) is 0 Å². The second kappa shape index (κ2) is 7.13. The van der Waals surface area contributed by atoms with Crippen LogP contribution in [0.4, 0.5) is 5.69 Å². The Morgan fingerprint density at radius 1 is 1.35 bits per heavy atom. The Morgan fingerprint density at radius 2 is 2.17 bits per heavy atom. The number of anilines is 1. The van der Waals surface area contributed by atoms with Crippen LogP contribution in [0.25, 0.3) is 0 Å². The zero-order valence-corrected chi connectivity index (χ0v) is 14.6. The molecular weight excluding hydrogens is 304 g/mol. The van der Waals surface area contributed by atoms with Crippen molar-refractivity contribution < 1.29 is 0 Å². The lowest BCUT2D eigenvalue weighted by Crippen LogP contribution is -2.24. The maximum absolute atomic E-state index is 6.07. The SMILES string of the molecule is CC(C)c1csc(CN=C(N)Nc2cccc3c2CCCC3)n1. The van der Waals surface area contributed by atoms with Gasteiger partial charge in [0.25, 0.3) is 0 Å². The highest BCUT2D eigenvalue weighted by atomic mass is 32.1. The van der Waals surface area contributed by atoms with E-state index in [9.17, 15) is 0 Å². The smallest absolute Gasteiger partial charge is 0.193 e. The van der Waals surface area contributed by atoms with Crippen molar-refractivity contribution in [3.05, 3.63) is 45.4 Å². The monoisotopic (exact) mass is 328 g/mol. The van der Waals surface area contributed by atoms with Gasteiger partial charge in [0, 0.05) is 11.1 Å². The van der Waals surface area contributed by atoms with Crippen LogP contribution in [0.3, 0.4) is 0 Å². The Morgan fingerprint density at radius 3 is 2.96 bits per heavy atom. The van der Waals surface area contributed by atoms with Crippen molar-refractivity contribution in [1.29, 1.82) is 0 Å². The fourth-order valence-corrected chi connectivity index (χ4v) is 3.77. The molecule has 122 valence electrons. The predicted octanol–water partition coefficient (Wildman–Crippen LogP) is 4.07. The highest BCUT2D eigenvalue weighted by Gasteiger charge is 2.13. The van der Waals surface area contributed by atoms with Gasteiger partial charge in [-0.05, 0) is 48.8 Å². The summed E-state index contributed by atoms with van der Waals surface area (Å²) in [7, 11) is 0. The number of fused-ring (bicyclic) bond motifs is 1. The molecule has 5 heteroatoms. The summed E-state index contributed by atoms with van der Waals surface area (Å²) < 4.78 is 0. The standard InChI is InChI=1S/C18H24N4S/c1-12(2)16-11-23-17(21-16)10-20-18(19)22-15-9-5-7-13-6-3-4-8-14(13)15/h5,7,9,11-12H,3-4,6,8,10H2,1-2H3,(H3,19,20,22). The summed E-state index contributed by atoms with van der Waals surface area (Å²) >= 11 is 1.65. The van der Waals surface area contributed by atoms with Crippen molar-refractivity contribution in [1.82, 2.24) is 4.98 Å². The van der Waals surface area contributed by atoms with Crippen molar-refractivity contribution in [3.63, 3.8) is 0 Å². The molecule has 2 aromatic rings. The molecule has 1 aromatic heterocycles. The fourth-order valence-electron chi connectivity index (χ4n) is 2.89. The Hall–Kier alpha value is -1.88. The Balaban J connectivity index is 1.67. The number of rotatable bonds is 4. The minimum absolute atomic E-state index is 0.454. The molecule has 3 rings (SSSR count). The zero-order chi connectivity index (χ0) is 16.2. The number of hydrogen-bond donors (Lipinski definition) is 2. The topological polar surface area (TPSA) is 63.3 Å². The molecule has 3 N–H and O–H groups in total. The van der Waals surface area contributed by atoms with Crippen LogP contribution >= 0.6 is 11.3 Å². The molecule has 0 atom stereocenters. The van der Waals surface area contributed by atoms with E-state index < -0.39 is 0 Å². The summed E-state index contributed by atoms with van der Waals surface area (Å²) in [6, 6.07) is 6.40. The molecule has 4 nitrogen and oxygen atoms in total. The lowest BCUT2D eigenvalue weighted by atomic mass is 9.90. The summed E-state index contributed by atoms with van der Waals surface area (Å²) in [5.41, 5.74) is 11.1. The number of aryl methyl sites for hydroxylation is 1. The third kappa shape index (κ3) is 3.91. The Bertz CT molecular complexity index is 703. The van der Waals surface area contributed by atoms with E-state index in [0.29, 0.717) is 18.4 Å². The lowest BCUT2D eigenvalue weighted by molar-refractivity contribution is 0.687. The fraction of sp³-hybridized carbons (Fsp3) is 0.444. The maximum atomic E-state index is 6.07. The van der Waals surface area contributed by atoms with Gasteiger partial charge in [0.2, 0.25) is 0 Å². The molecule has 1 aliphatic rings. The summed E-state index contributed by atoms with van der Waals surface area (Å²) in [5, 5.41) is 6.39. The zero-order valence-electron chi connectivity index (χ0n) is 13.8. The van der Waals surface area contributed by atoms with Gasteiger partial charge in [-0.3, -0.25) is 0 Å². The first-order valence-electron chi connectivity index (χ1n) is 8.25. The van der Waals surface area contributed by atoms with Crippen LogP contribution in [0.15, 0.2) is 28.6 Å². The number of nitrogens with one attached hydrogen (secondary N) is 1. The van der Waals surface area contributed by atoms with Crippen molar-refractivity contribution in [2.45, 2.75) is 52.0 Å². The van der Waals surface area contributed by atoms with Crippen molar-refractivity contribution in [2.24, 2.45) is 10.7 Å². The van der Waals surface area contributed by atoms with Gasteiger partial charge >= 0.3 is 0 Å².